The van der Waals surface area contributed by atoms with E-state index in [1.807, 2.05) is 0 Å². The lowest BCUT2D eigenvalue weighted by atomic mass is 10.0. The number of amides is 4. The van der Waals surface area contributed by atoms with Gasteiger partial charge in [0.25, 0.3) is 17.7 Å². The van der Waals surface area contributed by atoms with Gasteiger partial charge in [-0.3, -0.25) is 19.2 Å². The predicted molar refractivity (Wildman–Crippen MR) is 123 cm³/mol. The molecule has 5 rings (SSSR count). The summed E-state index contributed by atoms with van der Waals surface area (Å²) in [5, 5.41) is 8.38. The highest BCUT2D eigenvalue weighted by Crippen LogP contribution is 2.29. The molecule has 1 saturated carbocycles. The van der Waals surface area contributed by atoms with E-state index >= 15 is 0 Å². The molecule has 1 aliphatic heterocycles. The molecule has 6 N–H and O–H groups in total. The average molecular weight is 477 g/mol. The monoisotopic (exact) mass is 477 g/mol. The van der Waals surface area contributed by atoms with Gasteiger partial charge < -0.3 is 31.4 Å². The molecule has 35 heavy (non-hydrogen) atoms. The summed E-state index contributed by atoms with van der Waals surface area (Å²) in [6.07, 6.45) is 4.80. The van der Waals surface area contributed by atoms with Crippen molar-refractivity contribution in [2.24, 2.45) is 11.7 Å². The number of nitrogens with one attached hydrogen (secondary N) is 4. The van der Waals surface area contributed by atoms with Crippen LogP contribution < -0.4 is 26.4 Å². The van der Waals surface area contributed by atoms with Crippen molar-refractivity contribution in [2.75, 3.05) is 11.9 Å². The van der Waals surface area contributed by atoms with E-state index in [4.69, 9.17) is 10.5 Å². The first-order valence-electron chi connectivity index (χ1n) is 11.2. The largest absolute Gasteiger partial charge is 0.482 e. The number of fused-ring (bicyclic) bond motifs is 2. The summed E-state index contributed by atoms with van der Waals surface area (Å²) in [5.41, 5.74) is 7.69. The zero-order chi connectivity index (χ0) is 24.5. The molecule has 3 aromatic rings. The summed E-state index contributed by atoms with van der Waals surface area (Å²) in [6.45, 7) is 0.146. The van der Waals surface area contributed by atoms with Crippen molar-refractivity contribution >= 4 is 40.3 Å². The van der Waals surface area contributed by atoms with Crippen molar-refractivity contribution in [3.63, 3.8) is 0 Å². The number of hydrogen-bond donors (Lipinski definition) is 5. The fraction of sp³-hybridized carbons (Fsp3) is 0.304. The highest BCUT2D eigenvalue weighted by atomic mass is 16.5. The molecular weight excluding hydrogens is 454 g/mol. The van der Waals surface area contributed by atoms with Crippen LogP contribution in [-0.4, -0.2) is 51.2 Å². The summed E-state index contributed by atoms with van der Waals surface area (Å²) in [4.78, 5) is 60.1. The summed E-state index contributed by atoms with van der Waals surface area (Å²) >= 11 is 0. The maximum Gasteiger partial charge on any atom is 0.272 e. The minimum atomic E-state index is -0.464. The van der Waals surface area contributed by atoms with Crippen LogP contribution >= 0.6 is 0 Å². The standard InChI is InChI=1S/C23H23N7O5/c24-21(32)12-2-1-3-14(12)30-22(33)13-8-25-19-18(13)27-10-28-20(19)23(34)26-7-11-4-5-16-15(6-11)29-17(31)9-35-16/h4-6,8,10,12,14,25H,1-3,7,9H2,(H2,24,32)(H,26,34)(H,29,31)(H,30,33)/t12-,14?/m1/s1. The molecular formula is C23H23N7O5. The van der Waals surface area contributed by atoms with E-state index in [2.05, 4.69) is 30.9 Å². The Hall–Kier alpha value is -4.48. The number of aromatic nitrogens is 3. The van der Waals surface area contributed by atoms with Gasteiger partial charge in [-0.05, 0) is 30.5 Å². The number of hydrogen-bond acceptors (Lipinski definition) is 7. The van der Waals surface area contributed by atoms with Crippen molar-refractivity contribution in [2.45, 2.75) is 31.8 Å². The van der Waals surface area contributed by atoms with Crippen LogP contribution in [0.25, 0.3) is 11.0 Å². The number of H-pyrrole nitrogens is 1. The van der Waals surface area contributed by atoms with E-state index in [1.165, 1.54) is 12.5 Å². The molecule has 0 bridgehead atoms. The van der Waals surface area contributed by atoms with Crippen LogP contribution in [0.3, 0.4) is 0 Å². The molecule has 2 aliphatic rings. The number of carbonyl (C=O) groups is 4. The SMILES string of the molecule is NC(=O)[C@@H]1CCCC1NC(=O)c1c[nH]c2c(C(=O)NCc3ccc4c(c3)NC(=O)CO4)ncnc12. The normalized spacial score (nSPS) is 18.9. The Bertz CT molecular complexity index is 1350. The minimum absolute atomic E-state index is 0.0324. The van der Waals surface area contributed by atoms with E-state index in [0.717, 1.165) is 12.0 Å². The van der Waals surface area contributed by atoms with Crippen LogP contribution in [0.2, 0.25) is 0 Å². The number of benzene rings is 1. The highest BCUT2D eigenvalue weighted by Gasteiger charge is 2.33. The molecule has 2 aromatic heterocycles. The minimum Gasteiger partial charge on any atom is -0.482 e. The van der Waals surface area contributed by atoms with Gasteiger partial charge in [0.1, 0.15) is 17.6 Å². The van der Waals surface area contributed by atoms with Crippen LogP contribution in [0.1, 0.15) is 45.7 Å². The zero-order valence-corrected chi connectivity index (χ0v) is 18.6. The van der Waals surface area contributed by atoms with Crippen LogP contribution in [0, 0.1) is 5.92 Å². The van der Waals surface area contributed by atoms with Crippen molar-refractivity contribution in [1.29, 1.82) is 0 Å². The lowest BCUT2D eigenvalue weighted by molar-refractivity contribution is -0.122. The number of nitrogens with zero attached hydrogens (tertiary/aromatic N) is 2. The van der Waals surface area contributed by atoms with Gasteiger partial charge in [-0.15, -0.1) is 0 Å². The summed E-state index contributed by atoms with van der Waals surface area (Å²) in [6, 6.07) is 4.90. The molecule has 1 aromatic carbocycles. The maximum atomic E-state index is 12.9. The molecule has 1 aliphatic carbocycles. The van der Waals surface area contributed by atoms with E-state index in [0.29, 0.717) is 35.3 Å². The number of anilines is 1. The number of primary amides is 1. The number of nitrogens with two attached hydrogens (primary N) is 1. The molecule has 1 unspecified atom stereocenters. The molecule has 4 amide bonds. The smallest absolute Gasteiger partial charge is 0.272 e. The van der Waals surface area contributed by atoms with Crippen molar-refractivity contribution in [3.05, 3.63) is 47.5 Å². The topological polar surface area (TPSA) is 181 Å². The van der Waals surface area contributed by atoms with Crippen molar-refractivity contribution in [3.8, 4) is 5.75 Å². The van der Waals surface area contributed by atoms with Gasteiger partial charge >= 0.3 is 0 Å². The van der Waals surface area contributed by atoms with Crippen LogP contribution in [0.4, 0.5) is 5.69 Å². The summed E-state index contributed by atoms with van der Waals surface area (Å²) < 4.78 is 5.34. The Morgan fingerprint density at radius 1 is 1.17 bits per heavy atom. The van der Waals surface area contributed by atoms with E-state index in [1.54, 1.807) is 18.2 Å². The Balaban J connectivity index is 1.30. The van der Waals surface area contributed by atoms with Crippen molar-refractivity contribution < 1.29 is 23.9 Å². The van der Waals surface area contributed by atoms with Gasteiger partial charge in [0.05, 0.1) is 22.7 Å². The van der Waals surface area contributed by atoms with Gasteiger partial charge in [0.15, 0.2) is 12.3 Å². The molecule has 1 fully saturated rings. The van der Waals surface area contributed by atoms with Crippen molar-refractivity contribution in [1.82, 2.24) is 25.6 Å². The fourth-order valence-corrected chi connectivity index (χ4v) is 4.51. The average Bonchev–Trinajstić information content (AvgIpc) is 3.49. The number of rotatable bonds is 6. The molecule has 0 spiro atoms. The quantitative estimate of drug-likeness (QED) is 0.344. The third kappa shape index (κ3) is 4.37. The number of aromatic amines is 1. The molecule has 0 saturated heterocycles. The molecule has 3 heterocycles. The van der Waals surface area contributed by atoms with E-state index in [-0.39, 0.29) is 36.4 Å². The second-order valence-electron chi connectivity index (χ2n) is 8.52. The molecule has 180 valence electrons. The Morgan fingerprint density at radius 3 is 2.86 bits per heavy atom. The third-order valence-corrected chi connectivity index (χ3v) is 6.25. The second kappa shape index (κ2) is 9.05. The van der Waals surface area contributed by atoms with Gasteiger partial charge in [-0.1, -0.05) is 12.5 Å². The maximum absolute atomic E-state index is 12.9. The lowest BCUT2D eigenvalue weighted by Crippen LogP contribution is -2.42. The fourth-order valence-electron chi connectivity index (χ4n) is 4.51. The number of carbonyl (C=O) groups excluding carboxylic acids is 4. The molecule has 12 nitrogen and oxygen atoms in total. The van der Waals surface area contributed by atoms with Crippen LogP contribution in [0.15, 0.2) is 30.7 Å². The van der Waals surface area contributed by atoms with Crippen LogP contribution in [0.5, 0.6) is 5.75 Å². The lowest BCUT2D eigenvalue weighted by Gasteiger charge is -2.18. The van der Waals surface area contributed by atoms with Gasteiger partial charge in [0, 0.05) is 18.8 Å². The molecule has 0 radical (unpaired) electrons. The number of ether oxygens (including phenoxy) is 1. The Morgan fingerprint density at radius 2 is 2.03 bits per heavy atom. The Labute approximate surface area is 199 Å². The van der Waals surface area contributed by atoms with Gasteiger partial charge in [-0.2, -0.15) is 0 Å². The van der Waals surface area contributed by atoms with Gasteiger partial charge in [-0.25, -0.2) is 9.97 Å². The van der Waals surface area contributed by atoms with E-state index in [9.17, 15) is 19.2 Å². The summed E-state index contributed by atoms with van der Waals surface area (Å²) in [5.74, 6) is -1.38. The third-order valence-electron chi connectivity index (χ3n) is 6.25. The van der Waals surface area contributed by atoms with Gasteiger partial charge in [0.2, 0.25) is 5.91 Å². The van der Waals surface area contributed by atoms with E-state index < -0.39 is 23.6 Å². The Kier molecular flexibility index (Phi) is 5.77. The first kappa shape index (κ1) is 22.3. The molecule has 12 heteroatoms. The second-order valence-corrected chi connectivity index (χ2v) is 8.52. The first-order chi connectivity index (χ1) is 16.9. The highest BCUT2D eigenvalue weighted by molar-refractivity contribution is 6.10. The van der Waals surface area contributed by atoms with Crippen LogP contribution in [-0.2, 0) is 16.1 Å². The summed E-state index contributed by atoms with van der Waals surface area (Å²) in [7, 11) is 0. The first-order valence-corrected chi connectivity index (χ1v) is 11.2. The zero-order valence-electron chi connectivity index (χ0n) is 18.6. The predicted octanol–water partition coefficient (Wildman–Crippen LogP) is 0.603. The molecule has 2 atom stereocenters.